The second-order valence-corrected chi connectivity index (χ2v) is 2.74. The highest BCUT2D eigenvalue weighted by atomic mass is 16.3. The molecule has 3 heteroatoms. The minimum absolute atomic E-state index is 0.00810. The molecule has 5 N–H and O–H groups in total. The normalized spacial score (nSPS) is 45.0. The van der Waals surface area contributed by atoms with E-state index in [-0.39, 0.29) is 18.2 Å². The van der Waals surface area contributed by atoms with E-state index in [0.717, 1.165) is 19.3 Å². The molecular formula is C6H14N2O. The Morgan fingerprint density at radius 1 is 1.22 bits per heavy atom. The van der Waals surface area contributed by atoms with E-state index < -0.39 is 0 Å². The molecule has 0 spiro atoms. The molecule has 0 aliphatic heterocycles. The van der Waals surface area contributed by atoms with E-state index in [1.165, 1.54) is 0 Å². The fourth-order valence-corrected chi connectivity index (χ4v) is 1.23. The van der Waals surface area contributed by atoms with Gasteiger partial charge in [0.2, 0.25) is 0 Å². The fraction of sp³-hybridized carbons (Fsp3) is 1.00. The van der Waals surface area contributed by atoms with Crippen LogP contribution >= 0.6 is 0 Å². The van der Waals surface area contributed by atoms with Gasteiger partial charge < -0.3 is 16.6 Å². The average molecular weight is 130 g/mol. The monoisotopic (exact) mass is 130 g/mol. The number of aliphatic hydroxyl groups excluding tert-OH is 1. The SMILES string of the molecule is NC1CCCC(O)C1N. The summed E-state index contributed by atoms with van der Waals surface area (Å²) in [6, 6.07) is -0.188. The molecule has 0 heterocycles. The first-order valence-corrected chi connectivity index (χ1v) is 3.41. The van der Waals surface area contributed by atoms with Gasteiger partial charge in [0.15, 0.2) is 0 Å². The molecular weight excluding hydrogens is 116 g/mol. The van der Waals surface area contributed by atoms with Crippen molar-refractivity contribution in [3.63, 3.8) is 0 Å². The Hall–Kier alpha value is -0.120. The minimum Gasteiger partial charge on any atom is -0.391 e. The first-order valence-electron chi connectivity index (χ1n) is 3.41. The van der Waals surface area contributed by atoms with Crippen LogP contribution in [0.3, 0.4) is 0 Å². The van der Waals surface area contributed by atoms with E-state index in [4.69, 9.17) is 16.6 Å². The molecule has 1 fully saturated rings. The summed E-state index contributed by atoms with van der Waals surface area (Å²) in [4.78, 5) is 0. The summed E-state index contributed by atoms with van der Waals surface area (Å²) in [5, 5.41) is 9.14. The molecule has 0 radical (unpaired) electrons. The van der Waals surface area contributed by atoms with Gasteiger partial charge in [-0.3, -0.25) is 0 Å². The summed E-state index contributed by atoms with van der Waals surface area (Å²) in [7, 11) is 0. The number of aliphatic hydroxyl groups is 1. The van der Waals surface area contributed by atoms with E-state index in [1.54, 1.807) is 0 Å². The standard InChI is InChI=1S/C6H14N2O/c7-4-2-1-3-5(9)6(4)8/h4-6,9H,1-3,7-8H2. The van der Waals surface area contributed by atoms with Crippen molar-refractivity contribution in [2.45, 2.75) is 37.5 Å². The molecule has 0 saturated heterocycles. The minimum atomic E-state index is -0.367. The molecule has 54 valence electrons. The predicted molar refractivity (Wildman–Crippen MR) is 35.8 cm³/mol. The molecule has 1 rings (SSSR count). The molecule has 1 saturated carbocycles. The maximum absolute atomic E-state index is 9.14. The summed E-state index contributed by atoms with van der Waals surface area (Å²) in [6.45, 7) is 0. The number of hydrogen-bond donors (Lipinski definition) is 3. The van der Waals surface area contributed by atoms with Crippen LogP contribution < -0.4 is 11.5 Å². The zero-order valence-electron chi connectivity index (χ0n) is 5.46. The van der Waals surface area contributed by atoms with Crippen molar-refractivity contribution in [2.24, 2.45) is 11.5 Å². The Bertz CT molecular complexity index is 87.1. The third-order valence-electron chi connectivity index (χ3n) is 1.98. The van der Waals surface area contributed by atoms with E-state index in [2.05, 4.69) is 0 Å². The van der Waals surface area contributed by atoms with E-state index in [0.29, 0.717) is 0 Å². The molecule has 3 unspecified atom stereocenters. The van der Waals surface area contributed by atoms with Gasteiger partial charge in [-0.15, -0.1) is 0 Å². The predicted octanol–water partition coefficient (Wildman–Crippen LogP) is -0.814. The molecule has 3 nitrogen and oxygen atoms in total. The van der Waals surface area contributed by atoms with Crippen LogP contribution in [-0.2, 0) is 0 Å². The van der Waals surface area contributed by atoms with Crippen LogP contribution in [-0.4, -0.2) is 23.3 Å². The van der Waals surface area contributed by atoms with Crippen LogP contribution in [0, 0.1) is 0 Å². The quantitative estimate of drug-likeness (QED) is 0.401. The first-order chi connectivity index (χ1) is 4.22. The zero-order chi connectivity index (χ0) is 6.85. The van der Waals surface area contributed by atoms with Crippen LogP contribution in [0.5, 0.6) is 0 Å². The van der Waals surface area contributed by atoms with E-state index in [1.807, 2.05) is 0 Å². The second kappa shape index (κ2) is 2.64. The highest BCUT2D eigenvalue weighted by Gasteiger charge is 2.25. The Labute approximate surface area is 55.0 Å². The second-order valence-electron chi connectivity index (χ2n) is 2.74. The summed E-state index contributed by atoms with van der Waals surface area (Å²) in [6.07, 6.45) is 2.41. The Morgan fingerprint density at radius 2 is 1.89 bits per heavy atom. The highest BCUT2D eigenvalue weighted by molar-refractivity contribution is 4.86. The zero-order valence-corrected chi connectivity index (χ0v) is 5.46. The third kappa shape index (κ3) is 1.41. The topological polar surface area (TPSA) is 72.3 Å². The Balaban J connectivity index is 2.41. The number of rotatable bonds is 0. The Kier molecular flexibility index (Phi) is 2.05. The van der Waals surface area contributed by atoms with Gasteiger partial charge in [0.25, 0.3) is 0 Å². The van der Waals surface area contributed by atoms with Gasteiger partial charge in [-0.05, 0) is 19.3 Å². The number of nitrogens with two attached hydrogens (primary N) is 2. The van der Waals surface area contributed by atoms with Gasteiger partial charge in [-0.25, -0.2) is 0 Å². The highest BCUT2D eigenvalue weighted by Crippen LogP contribution is 2.15. The first kappa shape index (κ1) is 6.99. The largest absolute Gasteiger partial charge is 0.391 e. The smallest absolute Gasteiger partial charge is 0.0706 e. The van der Waals surface area contributed by atoms with Crippen LogP contribution in [0.25, 0.3) is 0 Å². The summed E-state index contributed by atoms with van der Waals surface area (Å²) >= 11 is 0. The average Bonchev–Trinajstić information content (AvgIpc) is 1.83. The van der Waals surface area contributed by atoms with Crippen LogP contribution in [0.1, 0.15) is 19.3 Å². The van der Waals surface area contributed by atoms with Gasteiger partial charge in [-0.1, -0.05) is 0 Å². The molecule has 0 bridgehead atoms. The van der Waals surface area contributed by atoms with E-state index >= 15 is 0 Å². The van der Waals surface area contributed by atoms with Crippen molar-refractivity contribution in [3.05, 3.63) is 0 Å². The lowest BCUT2D eigenvalue weighted by Crippen LogP contribution is -2.51. The van der Waals surface area contributed by atoms with Gasteiger partial charge in [0.05, 0.1) is 6.10 Å². The summed E-state index contributed by atoms with van der Waals surface area (Å²) in [5.41, 5.74) is 11.1. The maximum atomic E-state index is 9.14. The molecule has 1 aliphatic rings. The number of hydrogen-bond acceptors (Lipinski definition) is 3. The van der Waals surface area contributed by atoms with Crippen LogP contribution in [0.15, 0.2) is 0 Å². The van der Waals surface area contributed by atoms with Gasteiger partial charge in [0, 0.05) is 12.1 Å². The van der Waals surface area contributed by atoms with Crippen molar-refractivity contribution in [2.75, 3.05) is 0 Å². The molecule has 9 heavy (non-hydrogen) atoms. The molecule has 0 amide bonds. The van der Waals surface area contributed by atoms with E-state index in [9.17, 15) is 0 Å². The van der Waals surface area contributed by atoms with Crippen molar-refractivity contribution in [1.82, 2.24) is 0 Å². The molecule has 0 aromatic heterocycles. The van der Waals surface area contributed by atoms with Crippen molar-refractivity contribution >= 4 is 0 Å². The summed E-state index contributed by atoms with van der Waals surface area (Å²) < 4.78 is 0. The maximum Gasteiger partial charge on any atom is 0.0706 e. The molecule has 0 aromatic rings. The lowest BCUT2D eigenvalue weighted by molar-refractivity contribution is 0.0976. The van der Waals surface area contributed by atoms with Gasteiger partial charge in [-0.2, -0.15) is 0 Å². The summed E-state index contributed by atoms with van der Waals surface area (Å²) in [5.74, 6) is 0. The lowest BCUT2D eigenvalue weighted by atomic mass is 9.89. The fourth-order valence-electron chi connectivity index (χ4n) is 1.23. The van der Waals surface area contributed by atoms with Crippen LogP contribution in [0.2, 0.25) is 0 Å². The van der Waals surface area contributed by atoms with Crippen molar-refractivity contribution in [1.29, 1.82) is 0 Å². The van der Waals surface area contributed by atoms with Crippen LogP contribution in [0.4, 0.5) is 0 Å². The Morgan fingerprint density at radius 3 is 2.33 bits per heavy atom. The van der Waals surface area contributed by atoms with Gasteiger partial charge in [0.1, 0.15) is 0 Å². The third-order valence-corrected chi connectivity index (χ3v) is 1.98. The molecule has 1 aliphatic carbocycles. The van der Waals surface area contributed by atoms with Gasteiger partial charge >= 0.3 is 0 Å². The van der Waals surface area contributed by atoms with Crippen molar-refractivity contribution < 1.29 is 5.11 Å². The lowest BCUT2D eigenvalue weighted by Gasteiger charge is -2.29. The molecule has 3 atom stereocenters. The van der Waals surface area contributed by atoms with Crippen molar-refractivity contribution in [3.8, 4) is 0 Å². The molecule has 0 aromatic carbocycles.